The van der Waals surface area contributed by atoms with Gasteiger partial charge >= 0.3 is 0 Å². The summed E-state index contributed by atoms with van der Waals surface area (Å²) in [6.07, 6.45) is 2.03. The maximum Gasteiger partial charge on any atom is 0.242 e. The fourth-order valence-corrected chi connectivity index (χ4v) is 3.64. The molecular formula is C22H25BrCl2N2O2. The van der Waals surface area contributed by atoms with E-state index in [1.165, 1.54) is 0 Å². The van der Waals surface area contributed by atoms with Gasteiger partial charge < -0.3 is 10.2 Å². The number of carbonyl (C=O) groups is 2. The second-order valence-corrected chi connectivity index (χ2v) is 8.63. The highest BCUT2D eigenvalue weighted by Gasteiger charge is 2.26. The van der Waals surface area contributed by atoms with Crippen molar-refractivity contribution in [3.05, 3.63) is 68.1 Å². The number of unbranched alkanes of at least 4 members (excludes halogenated alkanes) is 1. The first-order valence-electron chi connectivity index (χ1n) is 9.57. The summed E-state index contributed by atoms with van der Waals surface area (Å²) in [5, 5.41) is 3.76. The standard InChI is InChI=1S/C22H25BrCl2N2O2/c1-3-4-10-26-22(29)15(2)27(14-17-6-5-7-18(23)11-17)21(28)13-16-8-9-19(24)20(25)12-16/h5-9,11-12,15H,3-4,10,13-14H2,1-2H3,(H,26,29). The summed E-state index contributed by atoms with van der Waals surface area (Å²) in [5.41, 5.74) is 1.69. The molecule has 0 aliphatic rings. The molecule has 7 heteroatoms. The first-order valence-corrected chi connectivity index (χ1v) is 11.1. The van der Waals surface area contributed by atoms with Gasteiger partial charge in [0.05, 0.1) is 16.5 Å². The number of hydrogen-bond donors (Lipinski definition) is 1. The molecule has 1 N–H and O–H groups in total. The minimum Gasteiger partial charge on any atom is -0.354 e. The van der Waals surface area contributed by atoms with E-state index in [1.54, 1.807) is 30.0 Å². The number of benzene rings is 2. The molecule has 0 saturated heterocycles. The molecule has 1 unspecified atom stereocenters. The fraction of sp³-hybridized carbons (Fsp3) is 0.364. The zero-order valence-electron chi connectivity index (χ0n) is 16.6. The average molecular weight is 500 g/mol. The summed E-state index contributed by atoms with van der Waals surface area (Å²) in [5.74, 6) is -0.308. The Labute approximate surface area is 190 Å². The van der Waals surface area contributed by atoms with Gasteiger partial charge in [-0.05, 0) is 48.7 Å². The van der Waals surface area contributed by atoms with Gasteiger partial charge in [0.25, 0.3) is 0 Å². The molecule has 0 aliphatic heterocycles. The van der Waals surface area contributed by atoms with E-state index in [4.69, 9.17) is 23.2 Å². The molecule has 156 valence electrons. The van der Waals surface area contributed by atoms with Gasteiger partial charge in [0.1, 0.15) is 6.04 Å². The molecule has 29 heavy (non-hydrogen) atoms. The highest BCUT2D eigenvalue weighted by molar-refractivity contribution is 9.10. The van der Waals surface area contributed by atoms with Crippen molar-refractivity contribution in [2.75, 3.05) is 6.54 Å². The van der Waals surface area contributed by atoms with Crippen LogP contribution in [0, 0.1) is 0 Å². The van der Waals surface area contributed by atoms with Gasteiger partial charge in [0.2, 0.25) is 11.8 Å². The number of halogens is 3. The Hall–Kier alpha value is -1.56. The van der Waals surface area contributed by atoms with Gasteiger partial charge in [-0.2, -0.15) is 0 Å². The van der Waals surface area contributed by atoms with Gasteiger partial charge in [0.15, 0.2) is 0 Å². The predicted molar refractivity (Wildman–Crippen MR) is 122 cm³/mol. The summed E-state index contributed by atoms with van der Waals surface area (Å²) in [4.78, 5) is 27.4. The van der Waals surface area contributed by atoms with Gasteiger partial charge in [0, 0.05) is 17.6 Å². The third-order valence-corrected chi connectivity index (χ3v) is 5.81. The highest BCUT2D eigenvalue weighted by atomic mass is 79.9. The fourth-order valence-electron chi connectivity index (χ4n) is 2.88. The van der Waals surface area contributed by atoms with Crippen LogP contribution < -0.4 is 5.32 Å². The Kier molecular flexibility index (Phi) is 9.47. The lowest BCUT2D eigenvalue weighted by atomic mass is 10.1. The van der Waals surface area contributed by atoms with Crippen LogP contribution >= 0.6 is 39.1 Å². The van der Waals surface area contributed by atoms with E-state index in [2.05, 4.69) is 28.2 Å². The topological polar surface area (TPSA) is 49.4 Å². The van der Waals surface area contributed by atoms with Gasteiger partial charge in [-0.3, -0.25) is 9.59 Å². The third kappa shape index (κ3) is 7.32. The lowest BCUT2D eigenvalue weighted by Gasteiger charge is -2.29. The third-order valence-electron chi connectivity index (χ3n) is 4.58. The smallest absolute Gasteiger partial charge is 0.242 e. The van der Waals surface area contributed by atoms with Crippen molar-refractivity contribution < 1.29 is 9.59 Å². The van der Waals surface area contributed by atoms with Crippen molar-refractivity contribution in [2.45, 2.75) is 45.7 Å². The second-order valence-electron chi connectivity index (χ2n) is 6.90. The van der Waals surface area contributed by atoms with Crippen molar-refractivity contribution in [3.8, 4) is 0 Å². The summed E-state index contributed by atoms with van der Waals surface area (Å²) < 4.78 is 0.923. The second kappa shape index (κ2) is 11.6. The van der Waals surface area contributed by atoms with E-state index in [1.807, 2.05) is 24.3 Å². The summed E-state index contributed by atoms with van der Waals surface area (Å²) in [7, 11) is 0. The Morgan fingerprint density at radius 2 is 1.86 bits per heavy atom. The van der Waals surface area contributed by atoms with E-state index < -0.39 is 6.04 Å². The molecule has 4 nitrogen and oxygen atoms in total. The van der Waals surface area contributed by atoms with Crippen LogP contribution in [0.1, 0.15) is 37.8 Å². The lowest BCUT2D eigenvalue weighted by Crippen LogP contribution is -2.48. The monoisotopic (exact) mass is 498 g/mol. The maximum atomic E-state index is 13.1. The molecule has 2 aromatic rings. The largest absolute Gasteiger partial charge is 0.354 e. The normalized spacial score (nSPS) is 11.8. The molecule has 0 heterocycles. The van der Waals surface area contributed by atoms with Crippen LogP contribution in [0.2, 0.25) is 10.0 Å². The minimum atomic E-state index is -0.596. The predicted octanol–water partition coefficient (Wildman–Crippen LogP) is 5.63. The number of nitrogens with one attached hydrogen (secondary N) is 1. The molecule has 0 fully saturated rings. The van der Waals surface area contributed by atoms with Gasteiger partial charge in [-0.1, -0.05) is 70.7 Å². The van der Waals surface area contributed by atoms with E-state index in [9.17, 15) is 9.59 Å². The van der Waals surface area contributed by atoms with Crippen LogP contribution in [0.25, 0.3) is 0 Å². The number of rotatable bonds is 9. The number of amides is 2. The summed E-state index contributed by atoms with van der Waals surface area (Å²) >= 11 is 15.5. The first kappa shape index (κ1) is 23.7. The van der Waals surface area contributed by atoms with Crippen molar-refractivity contribution in [2.24, 2.45) is 0 Å². The summed E-state index contributed by atoms with van der Waals surface area (Å²) in [6, 6.07) is 12.2. The quantitative estimate of drug-likeness (QED) is 0.454. The van der Waals surface area contributed by atoms with Crippen molar-refractivity contribution >= 4 is 50.9 Å². The lowest BCUT2D eigenvalue weighted by molar-refractivity contribution is -0.140. The molecule has 0 radical (unpaired) electrons. The Morgan fingerprint density at radius 3 is 2.52 bits per heavy atom. The first-order chi connectivity index (χ1) is 13.8. The molecule has 0 aromatic heterocycles. The number of carbonyl (C=O) groups excluding carboxylic acids is 2. The molecule has 0 spiro atoms. The molecule has 0 saturated carbocycles. The van der Waals surface area contributed by atoms with Crippen LogP contribution in [0.3, 0.4) is 0 Å². The zero-order chi connectivity index (χ0) is 21.4. The van der Waals surface area contributed by atoms with Gasteiger partial charge in [-0.25, -0.2) is 0 Å². The van der Waals surface area contributed by atoms with Crippen LogP contribution in [-0.2, 0) is 22.6 Å². The van der Waals surface area contributed by atoms with E-state index in [0.717, 1.165) is 28.4 Å². The minimum absolute atomic E-state index is 0.136. The number of nitrogens with zero attached hydrogens (tertiary/aromatic N) is 1. The SMILES string of the molecule is CCCCNC(=O)C(C)N(Cc1cccc(Br)c1)C(=O)Cc1ccc(Cl)c(Cl)c1. The molecule has 0 bridgehead atoms. The molecular weight excluding hydrogens is 475 g/mol. The van der Waals surface area contributed by atoms with Crippen LogP contribution in [0.15, 0.2) is 46.9 Å². The molecule has 1 atom stereocenters. The van der Waals surface area contributed by atoms with Gasteiger partial charge in [-0.15, -0.1) is 0 Å². The average Bonchev–Trinajstić information content (AvgIpc) is 2.68. The van der Waals surface area contributed by atoms with Crippen molar-refractivity contribution in [1.82, 2.24) is 10.2 Å². The molecule has 2 amide bonds. The van der Waals surface area contributed by atoms with Crippen LogP contribution in [0.4, 0.5) is 0 Å². The Balaban J connectivity index is 2.20. The van der Waals surface area contributed by atoms with E-state index in [0.29, 0.717) is 23.1 Å². The van der Waals surface area contributed by atoms with Crippen LogP contribution in [0.5, 0.6) is 0 Å². The van der Waals surface area contributed by atoms with Crippen molar-refractivity contribution in [1.29, 1.82) is 0 Å². The molecule has 0 aliphatic carbocycles. The summed E-state index contributed by atoms with van der Waals surface area (Å²) in [6.45, 7) is 4.76. The van der Waals surface area contributed by atoms with Crippen molar-refractivity contribution in [3.63, 3.8) is 0 Å². The zero-order valence-corrected chi connectivity index (χ0v) is 19.6. The molecule has 2 rings (SSSR count). The van der Waals surface area contributed by atoms with E-state index >= 15 is 0 Å². The number of hydrogen-bond acceptors (Lipinski definition) is 2. The maximum absolute atomic E-state index is 13.1. The van der Waals surface area contributed by atoms with Crippen LogP contribution in [-0.4, -0.2) is 29.3 Å². The highest BCUT2D eigenvalue weighted by Crippen LogP contribution is 2.23. The Bertz CT molecular complexity index is 860. The Morgan fingerprint density at radius 1 is 1.10 bits per heavy atom. The molecule has 2 aromatic carbocycles. The van der Waals surface area contributed by atoms with E-state index in [-0.39, 0.29) is 18.2 Å².